The molecule has 0 spiro atoms. The molecule has 0 aliphatic carbocycles. The summed E-state index contributed by atoms with van der Waals surface area (Å²) in [5.41, 5.74) is 5.40. The fourth-order valence-electron chi connectivity index (χ4n) is 3.53. The fourth-order valence-corrected chi connectivity index (χ4v) is 3.53. The average molecular weight is 397 g/mol. The molecule has 0 unspecified atom stereocenters. The van der Waals surface area contributed by atoms with Crippen LogP contribution in [0, 0.1) is 6.92 Å². The second kappa shape index (κ2) is 8.69. The van der Waals surface area contributed by atoms with Gasteiger partial charge in [0, 0.05) is 42.4 Å². The van der Waals surface area contributed by atoms with Gasteiger partial charge < -0.3 is 5.32 Å². The van der Waals surface area contributed by atoms with Crippen LogP contribution >= 0.6 is 0 Å². The third-order valence-corrected chi connectivity index (χ3v) is 4.90. The Kier molecular flexibility index (Phi) is 5.66. The highest BCUT2D eigenvalue weighted by molar-refractivity contribution is 6.01. The van der Waals surface area contributed by atoms with Crippen LogP contribution in [0.5, 0.6) is 0 Å². The Hall–Kier alpha value is -3.80. The lowest BCUT2D eigenvalue weighted by molar-refractivity contribution is 0.252. The molecule has 6 nitrogen and oxygen atoms in total. The van der Waals surface area contributed by atoms with Crippen molar-refractivity contribution >= 4 is 22.6 Å². The molecular formula is C24H23N5O. The normalized spacial score (nSPS) is 10.7. The first-order valence-corrected chi connectivity index (χ1v) is 9.92. The zero-order valence-electron chi connectivity index (χ0n) is 17.0. The molecule has 0 aliphatic rings. The third kappa shape index (κ3) is 4.27. The molecule has 4 rings (SSSR count). The number of pyridine rings is 3. The first-order chi connectivity index (χ1) is 14.6. The van der Waals surface area contributed by atoms with E-state index in [-0.39, 0.29) is 6.03 Å². The third-order valence-electron chi connectivity index (χ3n) is 4.90. The molecule has 6 heteroatoms. The number of hydrogen-bond donors (Lipinski definition) is 2. The van der Waals surface area contributed by atoms with E-state index in [2.05, 4.69) is 49.9 Å². The summed E-state index contributed by atoms with van der Waals surface area (Å²) in [6.07, 6.45) is 8.06. The Morgan fingerprint density at radius 2 is 1.90 bits per heavy atom. The zero-order chi connectivity index (χ0) is 20.9. The van der Waals surface area contributed by atoms with E-state index in [9.17, 15) is 4.79 Å². The number of urea groups is 1. The van der Waals surface area contributed by atoms with E-state index < -0.39 is 0 Å². The highest BCUT2D eigenvalue weighted by Gasteiger charge is 2.12. The highest BCUT2D eigenvalue weighted by atomic mass is 16.2. The molecule has 0 bridgehead atoms. The van der Waals surface area contributed by atoms with Crippen molar-refractivity contribution in [2.24, 2.45) is 0 Å². The maximum Gasteiger partial charge on any atom is 0.320 e. The summed E-state index contributed by atoms with van der Waals surface area (Å²) in [7, 11) is 0. The lowest BCUT2D eigenvalue weighted by atomic mass is 9.94. The Morgan fingerprint density at radius 1 is 1.00 bits per heavy atom. The van der Waals surface area contributed by atoms with E-state index >= 15 is 0 Å². The molecule has 0 saturated carbocycles. The molecule has 30 heavy (non-hydrogen) atoms. The first-order valence-electron chi connectivity index (χ1n) is 9.92. The summed E-state index contributed by atoms with van der Waals surface area (Å²) in [5.74, 6) is 0.513. The minimum Gasteiger partial charge on any atom is -0.338 e. The van der Waals surface area contributed by atoms with E-state index in [1.807, 2.05) is 50.6 Å². The molecule has 0 fully saturated rings. The van der Waals surface area contributed by atoms with Crippen LogP contribution < -0.4 is 10.6 Å². The topological polar surface area (TPSA) is 79.8 Å². The SMILES string of the molecule is CCNC(=O)Nc1cc2c(-c3ccnc(C)c3)ccc(Cc3cccnc3)c2cn1. The lowest BCUT2D eigenvalue weighted by Gasteiger charge is -2.14. The maximum absolute atomic E-state index is 12.0. The number of benzene rings is 1. The molecule has 2 N–H and O–H groups in total. The molecule has 1 aromatic carbocycles. The van der Waals surface area contributed by atoms with E-state index in [4.69, 9.17) is 0 Å². The first kappa shape index (κ1) is 19.5. The van der Waals surface area contributed by atoms with Crippen molar-refractivity contribution < 1.29 is 4.79 Å². The van der Waals surface area contributed by atoms with Gasteiger partial charge in [-0.25, -0.2) is 9.78 Å². The van der Waals surface area contributed by atoms with Gasteiger partial charge in [-0.1, -0.05) is 18.2 Å². The summed E-state index contributed by atoms with van der Waals surface area (Å²) >= 11 is 0. The maximum atomic E-state index is 12.0. The number of nitrogens with one attached hydrogen (secondary N) is 2. The van der Waals surface area contributed by atoms with Gasteiger partial charge in [0.25, 0.3) is 0 Å². The zero-order valence-corrected chi connectivity index (χ0v) is 17.0. The second-order valence-electron chi connectivity index (χ2n) is 7.10. The van der Waals surface area contributed by atoms with E-state index in [1.54, 1.807) is 6.20 Å². The number of carbonyl (C=O) groups is 1. The van der Waals surface area contributed by atoms with Crippen LogP contribution in [0.1, 0.15) is 23.7 Å². The van der Waals surface area contributed by atoms with Gasteiger partial charge in [-0.05, 0) is 72.2 Å². The Balaban J connectivity index is 1.83. The van der Waals surface area contributed by atoms with Gasteiger partial charge in [-0.3, -0.25) is 15.3 Å². The highest BCUT2D eigenvalue weighted by Crippen LogP contribution is 2.33. The summed E-state index contributed by atoms with van der Waals surface area (Å²) < 4.78 is 0. The van der Waals surface area contributed by atoms with Gasteiger partial charge in [0.05, 0.1) is 0 Å². The summed E-state index contributed by atoms with van der Waals surface area (Å²) in [6.45, 7) is 4.41. The largest absolute Gasteiger partial charge is 0.338 e. The smallest absolute Gasteiger partial charge is 0.320 e. The molecule has 0 atom stereocenters. The number of aromatic nitrogens is 3. The van der Waals surface area contributed by atoms with Crippen LogP contribution in [0.2, 0.25) is 0 Å². The molecule has 0 radical (unpaired) electrons. The Morgan fingerprint density at radius 3 is 2.67 bits per heavy atom. The fraction of sp³-hybridized carbons (Fsp3) is 0.167. The quantitative estimate of drug-likeness (QED) is 0.510. The van der Waals surface area contributed by atoms with Crippen LogP contribution in [0.4, 0.5) is 10.6 Å². The van der Waals surface area contributed by atoms with Crippen LogP contribution in [-0.4, -0.2) is 27.5 Å². The number of aryl methyl sites for hydroxylation is 1. The monoisotopic (exact) mass is 397 g/mol. The average Bonchev–Trinajstić information content (AvgIpc) is 2.75. The molecule has 0 aliphatic heterocycles. The van der Waals surface area contributed by atoms with Crippen molar-refractivity contribution in [1.29, 1.82) is 0 Å². The molecule has 4 aromatic rings. The summed E-state index contributed by atoms with van der Waals surface area (Å²) in [5, 5.41) is 7.63. The van der Waals surface area contributed by atoms with E-state index in [1.165, 1.54) is 0 Å². The number of carbonyl (C=O) groups excluding carboxylic acids is 1. The van der Waals surface area contributed by atoms with Crippen LogP contribution in [-0.2, 0) is 6.42 Å². The van der Waals surface area contributed by atoms with Crippen molar-refractivity contribution in [2.45, 2.75) is 20.3 Å². The number of fused-ring (bicyclic) bond motifs is 1. The molecule has 2 amide bonds. The van der Waals surface area contributed by atoms with Gasteiger partial charge in [-0.2, -0.15) is 0 Å². The van der Waals surface area contributed by atoms with Crippen molar-refractivity contribution in [3.8, 4) is 11.1 Å². The van der Waals surface area contributed by atoms with Crippen molar-refractivity contribution in [1.82, 2.24) is 20.3 Å². The van der Waals surface area contributed by atoms with Crippen molar-refractivity contribution in [2.75, 3.05) is 11.9 Å². The van der Waals surface area contributed by atoms with Crippen molar-refractivity contribution in [3.63, 3.8) is 0 Å². The van der Waals surface area contributed by atoms with Crippen LogP contribution in [0.15, 0.2) is 67.3 Å². The van der Waals surface area contributed by atoms with E-state index in [0.29, 0.717) is 12.4 Å². The lowest BCUT2D eigenvalue weighted by Crippen LogP contribution is -2.28. The molecular weight excluding hydrogens is 374 g/mol. The van der Waals surface area contributed by atoms with Gasteiger partial charge in [0.2, 0.25) is 0 Å². The van der Waals surface area contributed by atoms with Gasteiger partial charge in [-0.15, -0.1) is 0 Å². The predicted octanol–water partition coefficient (Wildman–Crippen LogP) is 4.73. The minimum atomic E-state index is -0.267. The van der Waals surface area contributed by atoms with Crippen molar-refractivity contribution in [3.05, 3.63) is 84.1 Å². The Labute approximate surface area is 175 Å². The van der Waals surface area contributed by atoms with E-state index in [0.717, 1.165) is 45.1 Å². The number of hydrogen-bond acceptors (Lipinski definition) is 4. The minimum absolute atomic E-state index is 0.267. The predicted molar refractivity (Wildman–Crippen MR) is 119 cm³/mol. The van der Waals surface area contributed by atoms with Gasteiger partial charge >= 0.3 is 6.03 Å². The molecule has 3 aromatic heterocycles. The standard InChI is InChI=1S/C24H23N5O/c1-3-26-24(30)29-23-13-21-20(19-8-10-27-16(2)11-19)7-6-18(22(21)15-28-23)12-17-5-4-9-25-14-17/h4-11,13-15H,3,12H2,1-2H3,(H2,26,28,29,30). The summed E-state index contributed by atoms with van der Waals surface area (Å²) in [4.78, 5) is 25.0. The summed E-state index contributed by atoms with van der Waals surface area (Å²) in [6, 6.07) is 14.0. The molecule has 0 saturated heterocycles. The molecule has 3 heterocycles. The number of rotatable bonds is 5. The van der Waals surface area contributed by atoms with Crippen LogP contribution in [0.25, 0.3) is 21.9 Å². The number of anilines is 1. The second-order valence-corrected chi connectivity index (χ2v) is 7.10. The Bertz CT molecular complexity index is 1190. The number of amides is 2. The van der Waals surface area contributed by atoms with Gasteiger partial charge in [0.15, 0.2) is 0 Å². The molecule has 150 valence electrons. The van der Waals surface area contributed by atoms with Gasteiger partial charge in [0.1, 0.15) is 5.82 Å². The number of nitrogens with zero attached hydrogens (tertiary/aromatic N) is 3. The van der Waals surface area contributed by atoms with Crippen LogP contribution in [0.3, 0.4) is 0 Å².